The molecule has 0 saturated carbocycles. The van der Waals surface area contributed by atoms with Gasteiger partial charge in [0.15, 0.2) is 11.6 Å². The summed E-state index contributed by atoms with van der Waals surface area (Å²) in [4.78, 5) is 45.0. The number of carbonyl (C=O) groups is 1. The molecule has 14 nitrogen and oxygen atoms in total. The molecule has 0 bridgehead atoms. The number of aromatic hydroxyl groups is 2. The number of ether oxygens (including phenoxy) is 1. The zero-order valence-corrected chi connectivity index (χ0v) is 34.8. The summed E-state index contributed by atoms with van der Waals surface area (Å²) in [6, 6.07) is 11.8. The van der Waals surface area contributed by atoms with Gasteiger partial charge in [0, 0.05) is 95.3 Å². The van der Waals surface area contributed by atoms with E-state index < -0.39 is 0 Å². The molecule has 3 saturated heterocycles. The number of likely N-dealkylation sites (tertiary alicyclic amines) is 1. The van der Waals surface area contributed by atoms with Crippen LogP contribution in [0.25, 0.3) is 21.6 Å². The minimum atomic E-state index is -0.213. The van der Waals surface area contributed by atoms with Crippen LogP contribution in [-0.4, -0.2) is 128 Å². The molecule has 5 aromatic rings. The average molecular weight is 819 g/mol. The monoisotopic (exact) mass is 818 g/mol. The molecule has 0 unspecified atom stereocenters. The summed E-state index contributed by atoms with van der Waals surface area (Å²) in [6.07, 6.45) is 5.81. The normalized spacial score (nSPS) is 18.6. The molecule has 7 heterocycles. The van der Waals surface area contributed by atoms with Gasteiger partial charge in [-0.05, 0) is 72.2 Å². The first-order valence-corrected chi connectivity index (χ1v) is 21.8. The number of amides is 1. The maximum Gasteiger partial charge on any atom is 0.258 e. The lowest BCUT2D eigenvalue weighted by molar-refractivity contribution is 0.0748. The molecular formula is C44H54N10O4S. The van der Waals surface area contributed by atoms with E-state index in [1.54, 1.807) is 23.4 Å². The summed E-state index contributed by atoms with van der Waals surface area (Å²) in [5.74, 6) is 2.18. The number of morpholine rings is 1. The molecular weight excluding hydrogens is 765 g/mol. The van der Waals surface area contributed by atoms with Gasteiger partial charge in [0.05, 0.1) is 34.6 Å². The first kappa shape index (κ1) is 39.5. The van der Waals surface area contributed by atoms with E-state index in [-0.39, 0.29) is 34.8 Å². The summed E-state index contributed by atoms with van der Waals surface area (Å²) >= 11 is 1.81. The van der Waals surface area contributed by atoms with Gasteiger partial charge in [-0.1, -0.05) is 32.0 Å². The van der Waals surface area contributed by atoms with Crippen LogP contribution < -0.4 is 10.6 Å². The van der Waals surface area contributed by atoms with E-state index in [9.17, 15) is 15.0 Å². The molecule has 15 heteroatoms. The lowest BCUT2D eigenvalue weighted by Gasteiger charge is -2.39. The van der Waals surface area contributed by atoms with Gasteiger partial charge in [-0.25, -0.2) is 19.9 Å². The third kappa shape index (κ3) is 8.71. The van der Waals surface area contributed by atoms with Crippen molar-refractivity contribution in [1.29, 1.82) is 0 Å². The van der Waals surface area contributed by atoms with Crippen LogP contribution in [0.4, 0.5) is 11.8 Å². The first-order chi connectivity index (χ1) is 28.6. The molecule has 0 spiro atoms. The fourth-order valence-corrected chi connectivity index (χ4v) is 10.2. The number of hydrogen-bond acceptors (Lipinski definition) is 14. The van der Waals surface area contributed by atoms with Crippen LogP contribution in [0.2, 0.25) is 0 Å². The van der Waals surface area contributed by atoms with E-state index in [1.807, 2.05) is 25.2 Å². The van der Waals surface area contributed by atoms with Gasteiger partial charge in [-0.2, -0.15) is 0 Å². The molecule has 4 N–H and O–H groups in total. The number of nitrogen functional groups attached to an aromatic ring is 1. The van der Waals surface area contributed by atoms with Gasteiger partial charge < -0.3 is 35.4 Å². The van der Waals surface area contributed by atoms with Gasteiger partial charge in [-0.3, -0.25) is 14.6 Å². The number of piperidine rings is 1. The molecule has 3 aromatic heterocycles. The number of carbonyl (C=O) groups excluding carboxylic acids is 1. The largest absolute Gasteiger partial charge is 0.508 e. The number of rotatable bonds is 10. The molecule has 2 aromatic carbocycles. The predicted molar refractivity (Wildman–Crippen MR) is 229 cm³/mol. The number of anilines is 2. The van der Waals surface area contributed by atoms with Gasteiger partial charge in [0.2, 0.25) is 5.95 Å². The van der Waals surface area contributed by atoms with Gasteiger partial charge in [0.1, 0.15) is 11.5 Å². The van der Waals surface area contributed by atoms with Gasteiger partial charge >= 0.3 is 0 Å². The van der Waals surface area contributed by atoms with Crippen molar-refractivity contribution in [1.82, 2.24) is 39.5 Å². The number of nitrogens with two attached hydrogens (primary N) is 1. The van der Waals surface area contributed by atoms with Crippen LogP contribution in [-0.2, 0) is 30.9 Å². The number of phenolic OH excluding ortho intramolecular Hbond substituents is 2. The highest BCUT2D eigenvalue weighted by atomic mass is 32.1. The van der Waals surface area contributed by atoms with E-state index in [2.05, 4.69) is 53.8 Å². The number of phenols is 2. The van der Waals surface area contributed by atoms with Crippen LogP contribution in [0, 0.1) is 5.92 Å². The minimum absolute atomic E-state index is 0.0166. The zero-order chi connectivity index (χ0) is 40.6. The number of piperazine rings is 1. The van der Waals surface area contributed by atoms with Crippen molar-refractivity contribution in [2.75, 3.05) is 82.8 Å². The molecule has 4 aliphatic heterocycles. The van der Waals surface area contributed by atoms with E-state index in [4.69, 9.17) is 20.4 Å². The van der Waals surface area contributed by atoms with Crippen molar-refractivity contribution in [3.8, 4) is 22.9 Å². The lowest BCUT2D eigenvalue weighted by Crippen LogP contribution is -2.48. The van der Waals surface area contributed by atoms with E-state index in [0.29, 0.717) is 43.6 Å². The molecule has 0 radical (unpaired) electrons. The molecule has 310 valence electrons. The van der Waals surface area contributed by atoms with Crippen molar-refractivity contribution in [3.05, 3.63) is 81.5 Å². The topological polar surface area (TPSA) is 161 Å². The van der Waals surface area contributed by atoms with E-state index >= 15 is 0 Å². The average Bonchev–Trinajstić information content (AvgIpc) is 3.86. The molecule has 1 amide bonds. The molecule has 0 atom stereocenters. The van der Waals surface area contributed by atoms with Crippen LogP contribution in [0.1, 0.15) is 70.1 Å². The van der Waals surface area contributed by atoms with Gasteiger partial charge in [0.25, 0.3) is 5.91 Å². The SMILES string of the molecule is CC(C)c1cc(C(=O)N2Cc3ccc(CN4CCN(CC5CCN(Cc6cc7nc(-c8cnc(N)nc8)nc(N8CCOCC8)c7s6)CC5)CC4)cc3C2)c(O)cc1O. The number of aromatic nitrogens is 4. The fourth-order valence-electron chi connectivity index (χ4n) is 9.00. The van der Waals surface area contributed by atoms with Crippen LogP contribution in [0.15, 0.2) is 48.8 Å². The Labute approximate surface area is 349 Å². The third-order valence-electron chi connectivity index (χ3n) is 12.4. The van der Waals surface area contributed by atoms with Crippen LogP contribution in [0.5, 0.6) is 11.5 Å². The third-order valence-corrected chi connectivity index (χ3v) is 13.5. The second kappa shape index (κ2) is 17.0. The number of benzene rings is 2. The number of fused-ring (bicyclic) bond motifs is 2. The molecule has 0 aliphatic carbocycles. The van der Waals surface area contributed by atoms with Crippen LogP contribution >= 0.6 is 11.3 Å². The van der Waals surface area contributed by atoms with Crippen molar-refractivity contribution in [3.63, 3.8) is 0 Å². The van der Waals surface area contributed by atoms with E-state index in [0.717, 1.165) is 92.6 Å². The maximum absolute atomic E-state index is 13.5. The van der Waals surface area contributed by atoms with Crippen molar-refractivity contribution in [2.24, 2.45) is 5.92 Å². The second-order valence-electron chi connectivity index (χ2n) is 16.9. The Balaban J connectivity index is 0.750. The van der Waals surface area contributed by atoms with Crippen LogP contribution in [0.3, 0.4) is 0 Å². The summed E-state index contributed by atoms with van der Waals surface area (Å²) < 4.78 is 6.77. The number of hydrogen-bond donors (Lipinski definition) is 3. The number of thiophene rings is 1. The molecule has 59 heavy (non-hydrogen) atoms. The highest BCUT2D eigenvalue weighted by molar-refractivity contribution is 7.19. The second-order valence-corrected chi connectivity index (χ2v) is 18.0. The predicted octanol–water partition coefficient (Wildman–Crippen LogP) is 5.29. The van der Waals surface area contributed by atoms with E-state index in [1.165, 1.54) is 41.5 Å². The Bertz CT molecular complexity index is 2300. The summed E-state index contributed by atoms with van der Waals surface area (Å²) in [5, 5.41) is 20.8. The van der Waals surface area contributed by atoms with Crippen molar-refractivity contribution >= 4 is 39.2 Å². The Hall–Kier alpha value is -4.93. The van der Waals surface area contributed by atoms with Crippen molar-refractivity contribution < 1.29 is 19.7 Å². The Morgan fingerprint density at radius 3 is 2.31 bits per heavy atom. The lowest BCUT2D eigenvalue weighted by atomic mass is 9.96. The standard InChI is InChI=1S/C44H54N10O4S/c1-28(2)35-19-36(39(56)20-38(35)55)43(57)54-25-31-4-3-30(17-32(31)26-54)24-52-11-9-51(10-12-52)23-29-5-7-50(8-6-29)27-34-18-37-40(59-34)42(53-13-15-58-16-14-53)49-41(48-37)33-21-46-44(45)47-22-33/h3-4,17-22,28-29,55-56H,5-16,23-27H2,1-2H3,(H2,45,46,47). The van der Waals surface area contributed by atoms with Crippen molar-refractivity contribution in [2.45, 2.75) is 58.8 Å². The Morgan fingerprint density at radius 1 is 0.847 bits per heavy atom. The first-order valence-electron chi connectivity index (χ1n) is 21.0. The molecule has 4 aliphatic rings. The molecule has 9 rings (SSSR count). The Morgan fingerprint density at radius 2 is 1.56 bits per heavy atom. The fraction of sp³-hybridized carbons (Fsp3) is 0.477. The summed E-state index contributed by atoms with van der Waals surface area (Å²) in [7, 11) is 0. The minimum Gasteiger partial charge on any atom is -0.508 e. The quantitative estimate of drug-likeness (QED) is 0.167. The maximum atomic E-state index is 13.5. The summed E-state index contributed by atoms with van der Waals surface area (Å²) in [5.41, 5.74) is 12.0. The molecule has 3 fully saturated rings. The Kier molecular flexibility index (Phi) is 11.4. The highest BCUT2D eigenvalue weighted by Gasteiger charge is 2.29. The highest BCUT2D eigenvalue weighted by Crippen LogP contribution is 2.37. The smallest absolute Gasteiger partial charge is 0.258 e. The number of nitrogens with zero attached hydrogens (tertiary/aromatic N) is 9. The summed E-state index contributed by atoms with van der Waals surface area (Å²) in [6.45, 7) is 17.4. The van der Waals surface area contributed by atoms with Gasteiger partial charge in [-0.15, -0.1) is 11.3 Å². The zero-order valence-electron chi connectivity index (χ0n) is 34.0.